The number of hydrogen-bond donors (Lipinski definition) is 1. The standard InChI is InChI=1S/C16H19N5OS/c1-10(15(22)18-12-4-5-12)23-16-20-19-14(21(16)13-6-7-13)11-3-2-8-17-9-11/h2-3,8-10,12-13H,4-7H2,1H3,(H,18,22)/t10-/m0/s1. The molecule has 0 spiro atoms. The lowest BCUT2D eigenvalue weighted by molar-refractivity contribution is -0.120. The maximum absolute atomic E-state index is 12.2. The van der Waals surface area contributed by atoms with E-state index in [4.69, 9.17) is 0 Å². The molecular formula is C16H19N5OS. The Morgan fingerprint density at radius 2 is 2.17 bits per heavy atom. The molecule has 0 radical (unpaired) electrons. The summed E-state index contributed by atoms with van der Waals surface area (Å²) in [5.74, 6) is 0.934. The molecule has 0 unspecified atom stereocenters. The normalized spacial score (nSPS) is 18.7. The molecule has 2 aliphatic rings. The Balaban J connectivity index is 1.56. The number of carbonyl (C=O) groups excluding carboxylic acids is 1. The van der Waals surface area contributed by atoms with Crippen molar-refractivity contribution in [3.63, 3.8) is 0 Å². The van der Waals surface area contributed by atoms with Gasteiger partial charge in [0.1, 0.15) is 0 Å². The van der Waals surface area contributed by atoms with Crippen LogP contribution in [0.15, 0.2) is 29.7 Å². The molecule has 2 fully saturated rings. The van der Waals surface area contributed by atoms with Crippen LogP contribution in [0.4, 0.5) is 0 Å². The molecule has 2 aliphatic carbocycles. The van der Waals surface area contributed by atoms with Crippen molar-refractivity contribution in [3.05, 3.63) is 24.5 Å². The summed E-state index contributed by atoms with van der Waals surface area (Å²) in [5, 5.41) is 12.4. The highest BCUT2D eigenvalue weighted by molar-refractivity contribution is 8.00. The summed E-state index contributed by atoms with van der Waals surface area (Å²) >= 11 is 1.49. The zero-order valence-corrected chi connectivity index (χ0v) is 13.8. The van der Waals surface area contributed by atoms with E-state index in [1.54, 1.807) is 12.4 Å². The third-order valence-electron chi connectivity index (χ3n) is 4.07. The fourth-order valence-corrected chi connectivity index (χ4v) is 3.40. The fraction of sp³-hybridized carbons (Fsp3) is 0.500. The second-order valence-electron chi connectivity index (χ2n) is 6.19. The highest BCUT2D eigenvalue weighted by Gasteiger charge is 2.32. The van der Waals surface area contributed by atoms with Crippen molar-refractivity contribution in [1.29, 1.82) is 0 Å². The molecule has 7 heteroatoms. The monoisotopic (exact) mass is 329 g/mol. The van der Waals surface area contributed by atoms with Crippen LogP contribution in [0.1, 0.15) is 38.6 Å². The van der Waals surface area contributed by atoms with Crippen molar-refractivity contribution in [3.8, 4) is 11.4 Å². The van der Waals surface area contributed by atoms with E-state index in [0.29, 0.717) is 12.1 Å². The molecule has 1 N–H and O–H groups in total. The van der Waals surface area contributed by atoms with E-state index >= 15 is 0 Å². The average Bonchev–Trinajstić information content (AvgIpc) is 3.49. The zero-order chi connectivity index (χ0) is 15.8. The molecule has 1 atom stereocenters. The first kappa shape index (κ1) is 14.7. The quantitative estimate of drug-likeness (QED) is 0.824. The van der Waals surface area contributed by atoms with Gasteiger partial charge in [-0.05, 0) is 44.7 Å². The molecule has 1 amide bonds. The van der Waals surface area contributed by atoms with Crippen LogP contribution in [0.25, 0.3) is 11.4 Å². The van der Waals surface area contributed by atoms with Gasteiger partial charge in [0.15, 0.2) is 11.0 Å². The molecule has 0 bridgehead atoms. The maximum Gasteiger partial charge on any atom is 0.233 e. The van der Waals surface area contributed by atoms with Crippen LogP contribution in [0.2, 0.25) is 0 Å². The smallest absolute Gasteiger partial charge is 0.233 e. The van der Waals surface area contributed by atoms with E-state index in [1.165, 1.54) is 11.8 Å². The van der Waals surface area contributed by atoms with Gasteiger partial charge in [0.25, 0.3) is 0 Å². The van der Waals surface area contributed by atoms with Gasteiger partial charge in [0, 0.05) is 30.0 Å². The summed E-state index contributed by atoms with van der Waals surface area (Å²) < 4.78 is 2.17. The van der Waals surface area contributed by atoms with Crippen molar-refractivity contribution in [2.75, 3.05) is 0 Å². The van der Waals surface area contributed by atoms with Gasteiger partial charge >= 0.3 is 0 Å². The van der Waals surface area contributed by atoms with E-state index in [1.807, 2.05) is 19.1 Å². The van der Waals surface area contributed by atoms with Crippen LogP contribution in [-0.4, -0.2) is 36.9 Å². The topological polar surface area (TPSA) is 72.7 Å². The Morgan fingerprint density at radius 1 is 1.35 bits per heavy atom. The first-order chi connectivity index (χ1) is 11.2. The summed E-state index contributed by atoms with van der Waals surface area (Å²) in [6.07, 6.45) is 8.05. The minimum atomic E-state index is -0.168. The molecule has 23 heavy (non-hydrogen) atoms. The summed E-state index contributed by atoms with van der Waals surface area (Å²) in [5.41, 5.74) is 0.967. The van der Waals surface area contributed by atoms with Gasteiger partial charge < -0.3 is 5.32 Å². The van der Waals surface area contributed by atoms with E-state index in [2.05, 4.69) is 25.1 Å². The van der Waals surface area contributed by atoms with E-state index in [9.17, 15) is 4.79 Å². The van der Waals surface area contributed by atoms with Crippen molar-refractivity contribution < 1.29 is 4.79 Å². The van der Waals surface area contributed by atoms with Crippen LogP contribution in [0.3, 0.4) is 0 Å². The van der Waals surface area contributed by atoms with Gasteiger partial charge in [0.05, 0.1) is 5.25 Å². The van der Waals surface area contributed by atoms with Crippen LogP contribution >= 0.6 is 11.8 Å². The lowest BCUT2D eigenvalue weighted by Crippen LogP contribution is -2.32. The Morgan fingerprint density at radius 3 is 2.83 bits per heavy atom. The number of rotatable bonds is 6. The lowest BCUT2D eigenvalue weighted by Gasteiger charge is -2.13. The van der Waals surface area contributed by atoms with E-state index < -0.39 is 0 Å². The first-order valence-corrected chi connectivity index (χ1v) is 8.92. The summed E-state index contributed by atoms with van der Waals surface area (Å²) in [7, 11) is 0. The molecule has 4 rings (SSSR count). The first-order valence-electron chi connectivity index (χ1n) is 8.04. The Labute approximate surface area is 139 Å². The number of hydrogen-bond acceptors (Lipinski definition) is 5. The maximum atomic E-state index is 12.2. The predicted molar refractivity (Wildman–Crippen MR) is 88.0 cm³/mol. The van der Waals surface area contributed by atoms with Crippen molar-refractivity contribution in [2.45, 2.75) is 55.1 Å². The van der Waals surface area contributed by atoms with E-state index in [0.717, 1.165) is 42.2 Å². The summed E-state index contributed by atoms with van der Waals surface area (Å²) in [6.45, 7) is 1.93. The van der Waals surface area contributed by atoms with Gasteiger partial charge in [-0.2, -0.15) is 0 Å². The van der Waals surface area contributed by atoms with Gasteiger partial charge in [-0.15, -0.1) is 10.2 Å². The highest BCUT2D eigenvalue weighted by atomic mass is 32.2. The number of pyridine rings is 1. The Bertz CT molecular complexity index is 709. The fourth-order valence-electron chi connectivity index (χ4n) is 2.47. The van der Waals surface area contributed by atoms with Gasteiger partial charge in [-0.1, -0.05) is 11.8 Å². The van der Waals surface area contributed by atoms with Crippen molar-refractivity contribution in [2.24, 2.45) is 0 Å². The number of amides is 1. The number of nitrogens with zero attached hydrogens (tertiary/aromatic N) is 4. The van der Waals surface area contributed by atoms with E-state index in [-0.39, 0.29) is 11.2 Å². The van der Waals surface area contributed by atoms with Crippen molar-refractivity contribution >= 4 is 17.7 Å². The molecule has 0 aliphatic heterocycles. The molecule has 2 aromatic heterocycles. The largest absolute Gasteiger partial charge is 0.352 e. The Kier molecular flexibility index (Phi) is 3.80. The number of thioether (sulfide) groups is 1. The molecular weight excluding hydrogens is 310 g/mol. The third kappa shape index (κ3) is 3.24. The van der Waals surface area contributed by atoms with Crippen LogP contribution in [0, 0.1) is 0 Å². The summed E-state index contributed by atoms with van der Waals surface area (Å²) in [6, 6.07) is 4.73. The second-order valence-corrected chi connectivity index (χ2v) is 7.50. The molecule has 120 valence electrons. The van der Waals surface area contributed by atoms with Crippen LogP contribution in [-0.2, 0) is 4.79 Å². The molecule has 2 saturated carbocycles. The van der Waals surface area contributed by atoms with Gasteiger partial charge in [0.2, 0.25) is 5.91 Å². The Hall–Kier alpha value is -1.89. The second kappa shape index (κ2) is 5.96. The molecule has 2 aromatic rings. The van der Waals surface area contributed by atoms with Gasteiger partial charge in [-0.25, -0.2) is 0 Å². The highest BCUT2D eigenvalue weighted by Crippen LogP contribution is 2.41. The SMILES string of the molecule is C[C@H](Sc1nnc(-c2cccnc2)n1C1CC1)C(=O)NC1CC1. The third-order valence-corrected chi connectivity index (χ3v) is 5.13. The molecule has 0 aromatic carbocycles. The number of aromatic nitrogens is 4. The number of nitrogens with one attached hydrogen (secondary N) is 1. The minimum Gasteiger partial charge on any atom is -0.352 e. The predicted octanol–water partition coefficient (Wildman–Crippen LogP) is 2.43. The minimum absolute atomic E-state index is 0.0887. The molecule has 0 saturated heterocycles. The van der Waals surface area contributed by atoms with Crippen LogP contribution < -0.4 is 5.32 Å². The van der Waals surface area contributed by atoms with Crippen molar-refractivity contribution in [1.82, 2.24) is 25.1 Å². The molecule has 2 heterocycles. The summed E-state index contributed by atoms with van der Waals surface area (Å²) in [4.78, 5) is 16.3. The van der Waals surface area contributed by atoms with Crippen LogP contribution in [0.5, 0.6) is 0 Å². The zero-order valence-electron chi connectivity index (χ0n) is 13.0. The number of carbonyl (C=O) groups is 1. The van der Waals surface area contributed by atoms with Gasteiger partial charge in [-0.3, -0.25) is 14.3 Å². The molecule has 6 nitrogen and oxygen atoms in total. The lowest BCUT2D eigenvalue weighted by atomic mass is 10.3. The average molecular weight is 329 g/mol.